The molecule has 0 spiro atoms. The molecule has 1 aromatic heterocycles. The van der Waals surface area contributed by atoms with E-state index in [9.17, 15) is 4.79 Å². The lowest BCUT2D eigenvalue weighted by molar-refractivity contribution is 0.102. The van der Waals surface area contributed by atoms with Crippen LogP contribution in [0.1, 0.15) is 38.7 Å². The first-order valence-corrected chi connectivity index (χ1v) is 11.0. The zero-order valence-corrected chi connectivity index (χ0v) is 19.0. The van der Waals surface area contributed by atoms with Crippen LogP contribution in [0, 0.1) is 13.8 Å². The molecule has 7 heteroatoms. The monoisotopic (exact) mass is 455 g/mol. The maximum Gasteiger partial charge on any atom is 0.258 e. The number of hydrogen-bond acceptors (Lipinski definition) is 4. The van der Waals surface area contributed by atoms with Crippen molar-refractivity contribution >= 4 is 35.1 Å². The van der Waals surface area contributed by atoms with E-state index in [4.69, 9.17) is 11.6 Å². The summed E-state index contributed by atoms with van der Waals surface area (Å²) in [6.45, 7) is 4.04. The maximum absolute atomic E-state index is 12.7. The summed E-state index contributed by atoms with van der Waals surface area (Å²) in [5, 5.41) is 11.4. The third kappa shape index (κ3) is 4.38. The van der Waals surface area contributed by atoms with E-state index in [0.717, 1.165) is 22.4 Å². The molecule has 1 aliphatic rings. The minimum atomic E-state index is -0.257. The summed E-state index contributed by atoms with van der Waals surface area (Å²) >= 11 is 6.11. The molecule has 1 aliphatic heterocycles. The SMILES string of the molecule is Cc1ccc(C(=O)Nc2nc3n(n2)[C@@H](c2ccc(Cl)cc2)C=C(c2ccc(C)cc2)N3)cc1. The molecule has 0 unspecified atom stereocenters. The zero-order valence-electron chi connectivity index (χ0n) is 18.2. The topological polar surface area (TPSA) is 71.8 Å². The second kappa shape index (κ2) is 8.56. The molecule has 33 heavy (non-hydrogen) atoms. The van der Waals surface area contributed by atoms with Gasteiger partial charge in [0.05, 0.1) is 0 Å². The Hall–Kier alpha value is -3.90. The molecule has 0 fully saturated rings. The molecule has 1 amide bonds. The average Bonchev–Trinajstić information content (AvgIpc) is 3.22. The highest BCUT2D eigenvalue weighted by Crippen LogP contribution is 2.33. The van der Waals surface area contributed by atoms with Gasteiger partial charge in [-0.2, -0.15) is 4.98 Å². The van der Waals surface area contributed by atoms with E-state index < -0.39 is 0 Å². The van der Waals surface area contributed by atoms with Crippen LogP contribution in [-0.2, 0) is 0 Å². The van der Waals surface area contributed by atoms with E-state index >= 15 is 0 Å². The van der Waals surface area contributed by atoms with Gasteiger partial charge in [-0.25, -0.2) is 4.68 Å². The number of carbonyl (C=O) groups is 1. The van der Waals surface area contributed by atoms with Crippen molar-refractivity contribution in [3.8, 4) is 0 Å². The standard InChI is InChI=1S/C26H22ClN5O/c1-16-3-7-18(8-4-16)22-15-23(19-11-13-21(27)14-12-19)32-26(28-22)30-25(31-32)29-24(33)20-9-5-17(2)6-10-20/h3-15,23H,1-2H3,(H2,28,29,30,31,33)/t23-/m1/s1. The van der Waals surface area contributed by atoms with Gasteiger partial charge in [-0.05, 0) is 55.3 Å². The Labute approximate surface area is 196 Å². The van der Waals surface area contributed by atoms with E-state index in [1.807, 2.05) is 43.3 Å². The van der Waals surface area contributed by atoms with E-state index in [-0.39, 0.29) is 17.9 Å². The van der Waals surface area contributed by atoms with Crippen molar-refractivity contribution in [3.63, 3.8) is 0 Å². The maximum atomic E-state index is 12.7. The number of anilines is 2. The average molecular weight is 456 g/mol. The molecule has 6 nitrogen and oxygen atoms in total. The summed E-state index contributed by atoms with van der Waals surface area (Å²) in [5.74, 6) is 0.528. The number of aryl methyl sites for hydroxylation is 2. The smallest absolute Gasteiger partial charge is 0.258 e. The first kappa shape index (κ1) is 21.0. The number of nitrogens with one attached hydrogen (secondary N) is 2. The molecule has 2 heterocycles. The minimum absolute atomic E-state index is 0.215. The Balaban J connectivity index is 1.50. The normalized spacial score (nSPS) is 14.8. The number of fused-ring (bicyclic) bond motifs is 1. The summed E-state index contributed by atoms with van der Waals surface area (Å²) in [6.07, 6.45) is 2.10. The van der Waals surface area contributed by atoms with Gasteiger partial charge in [0.2, 0.25) is 5.95 Å². The summed E-state index contributed by atoms with van der Waals surface area (Å²) < 4.78 is 1.77. The second-order valence-corrected chi connectivity index (χ2v) is 8.53. The first-order valence-electron chi connectivity index (χ1n) is 10.6. The van der Waals surface area contributed by atoms with Crippen LogP contribution in [0.5, 0.6) is 0 Å². The number of rotatable bonds is 4. The van der Waals surface area contributed by atoms with Gasteiger partial charge in [0.25, 0.3) is 11.9 Å². The van der Waals surface area contributed by atoms with Gasteiger partial charge < -0.3 is 5.32 Å². The number of amides is 1. The first-order chi connectivity index (χ1) is 16.0. The molecule has 0 bridgehead atoms. The molecule has 0 radical (unpaired) electrons. The van der Waals surface area contributed by atoms with Gasteiger partial charge in [0.1, 0.15) is 6.04 Å². The van der Waals surface area contributed by atoms with Crippen molar-refractivity contribution in [1.82, 2.24) is 14.8 Å². The van der Waals surface area contributed by atoms with Crippen LogP contribution in [0.2, 0.25) is 5.02 Å². The quantitative estimate of drug-likeness (QED) is 0.404. The molecule has 0 aliphatic carbocycles. The Bertz CT molecular complexity index is 1340. The van der Waals surface area contributed by atoms with Crippen LogP contribution in [0.3, 0.4) is 0 Å². The highest BCUT2D eigenvalue weighted by atomic mass is 35.5. The molecule has 1 atom stereocenters. The van der Waals surface area contributed by atoms with E-state index in [1.165, 1.54) is 5.56 Å². The second-order valence-electron chi connectivity index (χ2n) is 8.09. The number of nitrogens with zero attached hydrogens (tertiary/aromatic N) is 3. The largest absolute Gasteiger partial charge is 0.324 e. The third-order valence-corrected chi connectivity index (χ3v) is 5.83. The Morgan fingerprint density at radius 3 is 2.24 bits per heavy atom. The predicted octanol–water partition coefficient (Wildman–Crippen LogP) is 5.86. The molecule has 3 aromatic carbocycles. The number of halogens is 1. The van der Waals surface area contributed by atoms with Crippen molar-refractivity contribution in [2.45, 2.75) is 19.9 Å². The van der Waals surface area contributed by atoms with Crippen molar-refractivity contribution in [2.24, 2.45) is 0 Å². The summed E-state index contributed by atoms with van der Waals surface area (Å²) in [6, 6.07) is 23.1. The van der Waals surface area contributed by atoms with E-state index in [2.05, 4.69) is 58.0 Å². The Kier molecular flexibility index (Phi) is 5.44. The summed E-state index contributed by atoms with van der Waals surface area (Å²) in [5.41, 5.74) is 5.80. The van der Waals surface area contributed by atoms with Crippen LogP contribution in [0.15, 0.2) is 78.9 Å². The van der Waals surface area contributed by atoms with Gasteiger partial charge in [-0.1, -0.05) is 71.3 Å². The van der Waals surface area contributed by atoms with Gasteiger partial charge in [-0.3, -0.25) is 10.1 Å². The van der Waals surface area contributed by atoms with Crippen LogP contribution < -0.4 is 10.6 Å². The molecular formula is C26H22ClN5O. The van der Waals surface area contributed by atoms with Gasteiger partial charge in [0, 0.05) is 16.3 Å². The summed E-state index contributed by atoms with van der Waals surface area (Å²) in [4.78, 5) is 17.3. The predicted molar refractivity (Wildman–Crippen MR) is 132 cm³/mol. The Morgan fingerprint density at radius 1 is 0.939 bits per heavy atom. The fourth-order valence-corrected chi connectivity index (χ4v) is 3.85. The highest BCUT2D eigenvalue weighted by Gasteiger charge is 2.26. The minimum Gasteiger partial charge on any atom is -0.324 e. The lowest BCUT2D eigenvalue weighted by Gasteiger charge is -2.24. The van der Waals surface area contributed by atoms with Gasteiger partial charge >= 0.3 is 0 Å². The molecule has 4 aromatic rings. The lowest BCUT2D eigenvalue weighted by atomic mass is 10.0. The van der Waals surface area contributed by atoms with Crippen LogP contribution in [-0.4, -0.2) is 20.7 Å². The number of carbonyl (C=O) groups excluding carboxylic acids is 1. The fourth-order valence-electron chi connectivity index (χ4n) is 3.72. The molecule has 0 saturated carbocycles. The molecule has 5 rings (SSSR count). The van der Waals surface area contributed by atoms with E-state index in [1.54, 1.807) is 16.8 Å². The van der Waals surface area contributed by atoms with E-state index in [0.29, 0.717) is 16.5 Å². The number of aromatic nitrogens is 3. The van der Waals surface area contributed by atoms with Crippen molar-refractivity contribution in [2.75, 3.05) is 10.6 Å². The number of hydrogen-bond donors (Lipinski definition) is 2. The molecule has 164 valence electrons. The van der Waals surface area contributed by atoms with Crippen molar-refractivity contribution < 1.29 is 4.79 Å². The molecular weight excluding hydrogens is 434 g/mol. The van der Waals surface area contributed by atoms with Gasteiger partial charge in [-0.15, -0.1) is 5.10 Å². The Morgan fingerprint density at radius 2 is 1.58 bits per heavy atom. The fraction of sp³-hybridized carbons (Fsp3) is 0.115. The van der Waals surface area contributed by atoms with Crippen LogP contribution >= 0.6 is 11.6 Å². The van der Waals surface area contributed by atoms with Crippen LogP contribution in [0.25, 0.3) is 5.70 Å². The number of benzene rings is 3. The highest BCUT2D eigenvalue weighted by molar-refractivity contribution is 6.30. The lowest BCUT2D eigenvalue weighted by Crippen LogP contribution is -2.20. The number of allylic oxidation sites excluding steroid dienone is 1. The zero-order chi connectivity index (χ0) is 22.9. The van der Waals surface area contributed by atoms with Gasteiger partial charge in [0.15, 0.2) is 0 Å². The molecule has 2 N–H and O–H groups in total. The summed E-state index contributed by atoms with van der Waals surface area (Å²) in [7, 11) is 0. The third-order valence-electron chi connectivity index (χ3n) is 5.58. The molecule has 0 saturated heterocycles. The van der Waals surface area contributed by atoms with Crippen molar-refractivity contribution in [1.29, 1.82) is 0 Å². The van der Waals surface area contributed by atoms with Crippen LogP contribution in [0.4, 0.5) is 11.9 Å². The van der Waals surface area contributed by atoms with Crippen molar-refractivity contribution in [3.05, 3.63) is 112 Å².